The molecule has 0 saturated carbocycles. The van der Waals surface area contributed by atoms with Crippen LogP contribution in [0.3, 0.4) is 0 Å². The van der Waals surface area contributed by atoms with Crippen LogP contribution in [0.2, 0.25) is 0 Å². The first-order valence-corrected chi connectivity index (χ1v) is 10.2. The fourth-order valence-corrected chi connectivity index (χ4v) is 3.77. The van der Waals surface area contributed by atoms with Gasteiger partial charge in [0.15, 0.2) is 0 Å². The topological polar surface area (TPSA) is 97.4 Å². The van der Waals surface area contributed by atoms with Crippen molar-refractivity contribution >= 4 is 23.5 Å². The van der Waals surface area contributed by atoms with E-state index in [4.69, 9.17) is 0 Å². The molecule has 1 N–H and O–H groups in total. The Bertz CT molecular complexity index is 1270. The summed E-state index contributed by atoms with van der Waals surface area (Å²) in [6, 6.07) is 11.0. The summed E-state index contributed by atoms with van der Waals surface area (Å²) in [5.41, 5.74) is 2.73. The Hall–Kier alpha value is -4.01. The number of hydrogen-bond acceptors (Lipinski definition) is 5. The molecule has 0 spiro atoms. The van der Waals surface area contributed by atoms with E-state index in [2.05, 4.69) is 20.4 Å². The summed E-state index contributed by atoms with van der Waals surface area (Å²) in [7, 11) is 0. The average molecular weight is 415 g/mol. The third-order valence-electron chi connectivity index (χ3n) is 5.46. The highest BCUT2D eigenvalue weighted by molar-refractivity contribution is 5.97. The fourth-order valence-electron chi connectivity index (χ4n) is 3.77. The van der Waals surface area contributed by atoms with E-state index in [9.17, 15) is 9.59 Å². The van der Waals surface area contributed by atoms with Crippen LogP contribution < -0.4 is 5.32 Å². The number of carbonyl (C=O) groups excluding carboxylic acids is 2. The molecule has 9 nitrogen and oxygen atoms in total. The summed E-state index contributed by atoms with van der Waals surface area (Å²) < 4.78 is 2.99. The second-order valence-electron chi connectivity index (χ2n) is 7.50. The standard InChI is InChI=1S/C22H21N7O2/c1-15-17(20(30)27-10-5-6-11-27)13-23-29(15)22(31)26-19-9-12-28-14-18(24-21(28)25-19)16-7-3-2-4-8-16/h2-4,7-9,12-14H,5-6,10-11H2,1H3,(H,24,25,26,31). The zero-order valence-electron chi connectivity index (χ0n) is 17.0. The average Bonchev–Trinajstić information content (AvgIpc) is 3.53. The van der Waals surface area contributed by atoms with Crippen molar-refractivity contribution in [2.75, 3.05) is 18.4 Å². The molecule has 156 valence electrons. The molecule has 4 aromatic rings. The molecule has 1 aliphatic heterocycles. The SMILES string of the molecule is Cc1c(C(=O)N2CCCC2)cnn1C(=O)Nc1ccn2cc(-c3ccccc3)nc2n1. The van der Waals surface area contributed by atoms with Gasteiger partial charge in [-0.05, 0) is 25.8 Å². The van der Waals surface area contributed by atoms with Crippen molar-refractivity contribution in [2.45, 2.75) is 19.8 Å². The number of rotatable bonds is 3. The molecular weight excluding hydrogens is 394 g/mol. The summed E-state index contributed by atoms with van der Waals surface area (Å²) in [6.45, 7) is 3.21. The Balaban J connectivity index is 1.36. The number of carbonyl (C=O) groups is 2. The number of nitrogens with one attached hydrogen (secondary N) is 1. The molecule has 2 amide bonds. The molecule has 9 heteroatoms. The van der Waals surface area contributed by atoms with E-state index in [0.717, 1.165) is 37.2 Å². The van der Waals surface area contributed by atoms with E-state index in [1.807, 2.05) is 36.5 Å². The van der Waals surface area contributed by atoms with Crippen molar-refractivity contribution in [3.05, 3.63) is 66.2 Å². The summed E-state index contributed by atoms with van der Waals surface area (Å²) in [5.74, 6) is 0.739. The molecule has 4 heterocycles. The predicted octanol–water partition coefficient (Wildman–Crippen LogP) is 3.22. The zero-order chi connectivity index (χ0) is 21.4. The van der Waals surface area contributed by atoms with Crippen LogP contribution in [0.1, 0.15) is 28.9 Å². The van der Waals surface area contributed by atoms with Crippen LogP contribution in [0.25, 0.3) is 17.0 Å². The first-order valence-electron chi connectivity index (χ1n) is 10.2. The molecular formula is C22H21N7O2. The normalized spacial score (nSPS) is 13.6. The van der Waals surface area contributed by atoms with Crippen LogP contribution in [0.4, 0.5) is 10.6 Å². The van der Waals surface area contributed by atoms with Crippen molar-refractivity contribution in [2.24, 2.45) is 0 Å². The summed E-state index contributed by atoms with van der Waals surface area (Å²) >= 11 is 0. The summed E-state index contributed by atoms with van der Waals surface area (Å²) in [4.78, 5) is 36.2. The van der Waals surface area contributed by atoms with Crippen molar-refractivity contribution in [3.63, 3.8) is 0 Å². The number of imidazole rings is 1. The van der Waals surface area contributed by atoms with Crippen LogP contribution in [0, 0.1) is 6.92 Å². The van der Waals surface area contributed by atoms with Gasteiger partial charge in [-0.25, -0.2) is 9.78 Å². The smallest absolute Gasteiger partial charge is 0.339 e. The molecule has 31 heavy (non-hydrogen) atoms. The van der Waals surface area contributed by atoms with E-state index in [1.54, 1.807) is 28.5 Å². The van der Waals surface area contributed by atoms with Gasteiger partial charge in [0.1, 0.15) is 5.82 Å². The van der Waals surface area contributed by atoms with Gasteiger partial charge in [0, 0.05) is 31.0 Å². The maximum Gasteiger partial charge on any atom is 0.347 e. The highest BCUT2D eigenvalue weighted by Gasteiger charge is 2.24. The second kappa shape index (κ2) is 7.67. The Labute approximate surface area is 178 Å². The highest BCUT2D eigenvalue weighted by atomic mass is 16.2. The summed E-state index contributed by atoms with van der Waals surface area (Å²) in [5, 5.41) is 6.85. The van der Waals surface area contributed by atoms with Crippen molar-refractivity contribution in [1.82, 2.24) is 29.0 Å². The lowest BCUT2D eigenvalue weighted by atomic mass is 10.2. The number of aromatic nitrogens is 5. The van der Waals surface area contributed by atoms with E-state index in [1.165, 1.54) is 10.9 Å². The number of hydrogen-bond donors (Lipinski definition) is 1. The lowest BCUT2D eigenvalue weighted by Gasteiger charge is -2.14. The maximum atomic E-state index is 12.8. The van der Waals surface area contributed by atoms with Crippen molar-refractivity contribution in [3.8, 4) is 11.3 Å². The van der Waals surface area contributed by atoms with Gasteiger partial charge in [0.05, 0.1) is 23.1 Å². The van der Waals surface area contributed by atoms with Gasteiger partial charge in [-0.2, -0.15) is 14.8 Å². The van der Waals surface area contributed by atoms with Crippen molar-refractivity contribution in [1.29, 1.82) is 0 Å². The van der Waals surface area contributed by atoms with Gasteiger partial charge in [0.2, 0.25) is 5.78 Å². The van der Waals surface area contributed by atoms with Crippen molar-refractivity contribution < 1.29 is 9.59 Å². The van der Waals surface area contributed by atoms with Gasteiger partial charge in [-0.1, -0.05) is 30.3 Å². The number of likely N-dealkylation sites (tertiary alicyclic amines) is 1. The van der Waals surface area contributed by atoms with Crippen LogP contribution in [0.5, 0.6) is 0 Å². The minimum atomic E-state index is -0.482. The molecule has 0 aliphatic carbocycles. The fraction of sp³-hybridized carbons (Fsp3) is 0.227. The zero-order valence-corrected chi connectivity index (χ0v) is 17.0. The van der Waals surface area contributed by atoms with Gasteiger partial charge in [-0.3, -0.25) is 14.5 Å². The lowest BCUT2D eigenvalue weighted by Crippen LogP contribution is -2.28. The Kier molecular flexibility index (Phi) is 4.70. The molecule has 1 aliphatic rings. The number of benzene rings is 1. The van der Waals surface area contributed by atoms with Gasteiger partial charge >= 0.3 is 6.03 Å². The third-order valence-corrected chi connectivity index (χ3v) is 5.46. The maximum absolute atomic E-state index is 12.8. The minimum absolute atomic E-state index is 0.0839. The quantitative estimate of drug-likeness (QED) is 0.554. The number of amides is 2. The monoisotopic (exact) mass is 415 g/mol. The molecule has 0 radical (unpaired) electrons. The molecule has 0 atom stereocenters. The number of fused-ring (bicyclic) bond motifs is 1. The predicted molar refractivity (Wildman–Crippen MR) is 115 cm³/mol. The van der Waals surface area contributed by atoms with E-state index < -0.39 is 6.03 Å². The largest absolute Gasteiger partial charge is 0.347 e. The van der Waals surface area contributed by atoms with E-state index in [0.29, 0.717) is 22.9 Å². The lowest BCUT2D eigenvalue weighted by molar-refractivity contribution is 0.0792. The first-order chi connectivity index (χ1) is 15.1. The van der Waals surface area contributed by atoms with Crippen LogP contribution in [0.15, 0.2) is 55.0 Å². The Morgan fingerprint density at radius 1 is 1.03 bits per heavy atom. The van der Waals surface area contributed by atoms with Gasteiger partial charge in [0.25, 0.3) is 5.91 Å². The number of anilines is 1. The van der Waals surface area contributed by atoms with Gasteiger partial charge < -0.3 is 4.90 Å². The molecule has 0 unspecified atom stereocenters. The molecule has 0 bridgehead atoms. The van der Waals surface area contributed by atoms with Crippen LogP contribution in [-0.4, -0.2) is 54.1 Å². The van der Waals surface area contributed by atoms with E-state index >= 15 is 0 Å². The highest BCUT2D eigenvalue weighted by Crippen LogP contribution is 2.19. The minimum Gasteiger partial charge on any atom is -0.339 e. The molecule has 1 aromatic carbocycles. The van der Waals surface area contributed by atoms with Gasteiger partial charge in [-0.15, -0.1) is 0 Å². The molecule has 5 rings (SSSR count). The molecule has 1 saturated heterocycles. The third kappa shape index (κ3) is 3.54. The Morgan fingerprint density at radius 3 is 2.58 bits per heavy atom. The molecule has 1 fully saturated rings. The van der Waals surface area contributed by atoms with E-state index in [-0.39, 0.29) is 5.91 Å². The van der Waals surface area contributed by atoms with Crippen LogP contribution in [-0.2, 0) is 0 Å². The second-order valence-corrected chi connectivity index (χ2v) is 7.50. The number of nitrogens with zero attached hydrogens (tertiary/aromatic N) is 6. The Morgan fingerprint density at radius 2 is 1.81 bits per heavy atom. The summed E-state index contributed by atoms with van der Waals surface area (Å²) in [6.07, 6.45) is 7.14. The van der Waals surface area contributed by atoms with Crippen LogP contribution >= 0.6 is 0 Å². The molecule has 3 aromatic heterocycles. The first kappa shape index (κ1) is 19.0.